The van der Waals surface area contributed by atoms with Crippen molar-refractivity contribution in [3.63, 3.8) is 0 Å². The monoisotopic (exact) mass is 485 g/mol. The first-order valence-corrected chi connectivity index (χ1v) is 12.5. The van der Waals surface area contributed by atoms with Crippen LogP contribution in [0.15, 0.2) is 76.2 Å². The maximum absolute atomic E-state index is 13.0. The number of halogens is 1. The normalized spacial score (nSPS) is 14.4. The molecule has 9 heteroatoms. The van der Waals surface area contributed by atoms with Crippen LogP contribution in [0.3, 0.4) is 0 Å². The van der Waals surface area contributed by atoms with Crippen LogP contribution in [-0.4, -0.2) is 27.4 Å². The summed E-state index contributed by atoms with van der Waals surface area (Å²) in [5.74, 6) is 0.162. The molecule has 172 valence electrons. The molecule has 2 heterocycles. The van der Waals surface area contributed by atoms with Crippen molar-refractivity contribution >= 4 is 50.7 Å². The number of anilines is 3. The minimum absolute atomic E-state index is 0.0449. The number of benzene rings is 2. The highest BCUT2D eigenvalue weighted by Gasteiger charge is 2.21. The zero-order valence-electron chi connectivity index (χ0n) is 17.8. The van der Waals surface area contributed by atoms with Crippen LogP contribution < -0.4 is 14.9 Å². The highest BCUT2D eigenvalue weighted by Crippen LogP contribution is 2.32. The van der Waals surface area contributed by atoms with Crippen molar-refractivity contribution in [1.29, 1.82) is 0 Å². The Bertz CT molecular complexity index is 1230. The molecule has 1 aromatic heterocycles. The van der Waals surface area contributed by atoms with Crippen LogP contribution in [0.4, 0.5) is 17.1 Å². The highest BCUT2D eigenvalue weighted by molar-refractivity contribution is 7.92. The first-order chi connectivity index (χ1) is 15.9. The molecule has 0 spiro atoms. The van der Waals surface area contributed by atoms with Crippen molar-refractivity contribution in [2.75, 3.05) is 28.0 Å². The van der Waals surface area contributed by atoms with Gasteiger partial charge in [-0.2, -0.15) is 0 Å². The molecule has 0 bridgehead atoms. The Morgan fingerprint density at radius 1 is 1.03 bits per heavy atom. The molecule has 0 atom stereocenters. The number of hydrogen-bond acceptors (Lipinski definition) is 5. The summed E-state index contributed by atoms with van der Waals surface area (Å²) in [6, 6.07) is 14.6. The number of sulfonamides is 1. The Kier molecular flexibility index (Phi) is 7.05. The van der Waals surface area contributed by atoms with Gasteiger partial charge in [0.1, 0.15) is 5.76 Å². The van der Waals surface area contributed by atoms with Gasteiger partial charge in [0.2, 0.25) is 5.91 Å². The van der Waals surface area contributed by atoms with E-state index in [0.717, 1.165) is 38.0 Å². The lowest BCUT2D eigenvalue weighted by Gasteiger charge is -2.30. The SMILES string of the molecule is O=C(C=Cc1ccco1)Nc1cc(S(=O)(=O)Nc2ccc(Cl)cc2)ccc1N1CCCCC1. The summed E-state index contributed by atoms with van der Waals surface area (Å²) in [5.41, 5.74) is 1.62. The van der Waals surface area contributed by atoms with Gasteiger partial charge in [-0.1, -0.05) is 11.6 Å². The first kappa shape index (κ1) is 22.9. The maximum Gasteiger partial charge on any atom is 0.261 e. The minimum Gasteiger partial charge on any atom is -0.465 e. The largest absolute Gasteiger partial charge is 0.465 e. The van der Waals surface area contributed by atoms with E-state index in [9.17, 15) is 13.2 Å². The molecule has 1 saturated heterocycles. The molecule has 1 aliphatic heterocycles. The molecule has 7 nitrogen and oxygen atoms in total. The van der Waals surface area contributed by atoms with Crippen molar-refractivity contribution in [3.8, 4) is 0 Å². The standard InChI is InChI=1S/C24H24ClN3O4S/c25-18-6-8-19(9-7-18)27-33(30,31)21-11-12-23(28-14-2-1-3-15-28)22(17-21)26-24(29)13-10-20-5-4-16-32-20/h4-13,16-17,27H,1-3,14-15H2,(H,26,29). The van der Waals surface area contributed by atoms with Gasteiger partial charge < -0.3 is 14.6 Å². The van der Waals surface area contributed by atoms with Gasteiger partial charge in [0.15, 0.2) is 0 Å². The lowest BCUT2D eigenvalue weighted by molar-refractivity contribution is -0.111. The van der Waals surface area contributed by atoms with Crippen molar-refractivity contribution < 1.29 is 17.6 Å². The number of amides is 1. The molecule has 33 heavy (non-hydrogen) atoms. The predicted molar refractivity (Wildman–Crippen MR) is 131 cm³/mol. The van der Waals surface area contributed by atoms with Gasteiger partial charge in [0.05, 0.1) is 22.5 Å². The summed E-state index contributed by atoms with van der Waals surface area (Å²) in [5, 5.41) is 3.35. The summed E-state index contributed by atoms with van der Waals surface area (Å²) >= 11 is 5.89. The third-order valence-electron chi connectivity index (χ3n) is 5.27. The molecule has 0 aliphatic carbocycles. The summed E-state index contributed by atoms with van der Waals surface area (Å²) in [6.07, 6.45) is 7.67. The smallest absolute Gasteiger partial charge is 0.261 e. The van der Waals surface area contributed by atoms with Crippen LogP contribution >= 0.6 is 11.6 Å². The van der Waals surface area contributed by atoms with Gasteiger partial charge >= 0.3 is 0 Å². The molecule has 4 rings (SSSR count). The molecule has 3 aromatic rings. The second-order valence-electron chi connectivity index (χ2n) is 7.68. The van der Waals surface area contributed by atoms with Crippen molar-refractivity contribution in [2.24, 2.45) is 0 Å². The van der Waals surface area contributed by atoms with Gasteiger partial charge in [0.25, 0.3) is 10.0 Å². The molecule has 0 saturated carbocycles. The summed E-state index contributed by atoms with van der Waals surface area (Å²) in [7, 11) is -3.88. The molecule has 1 fully saturated rings. The van der Waals surface area contributed by atoms with Crippen LogP contribution in [-0.2, 0) is 14.8 Å². The van der Waals surface area contributed by atoms with E-state index in [1.165, 1.54) is 18.4 Å². The molecule has 2 aromatic carbocycles. The van der Waals surface area contributed by atoms with Crippen LogP contribution in [0.25, 0.3) is 6.08 Å². The van der Waals surface area contributed by atoms with E-state index in [-0.39, 0.29) is 10.8 Å². The van der Waals surface area contributed by atoms with Crippen molar-refractivity contribution in [1.82, 2.24) is 0 Å². The van der Waals surface area contributed by atoms with Gasteiger partial charge in [-0.3, -0.25) is 9.52 Å². The quantitative estimate of drug-likeness (QED) is 0.438. The van der Waals surface area contributed by atoms with E-state index >= 15 is 0 Å². The van der Waals surface area contributed by atoms with Crippen molar-refractivity contribution in [2.45, 2.75) is 24.2 Å². The van der Waals surface area contributed by atoms with Gasteiger partial charge in [-0.05, 0) is 79.9 Å². The topological polar surface area (TPSA) is 91.6 Å². The fraction of sp³-hybridized carbons (Fsp3) is 0.208. The second-order valence-corrected chi connectivity index (χ2v) is 9.80. The Morgan fingerprint density at radius 2 is 1.79 bits per heavy atom. The number of furan rings is 1. The van der Waals surface area contributed by atoms with E-state index < -0.39 is 10.0 Å². The van der Waals surface area contributed by atoms with Crippen LogP contribution in [0.1, 0.15) is 25.0 Å². The molecular formula is C24H24ClN3O4S. The average molecular weight is 486 g/mol. The fourth-order valence-corrected chi connectivity index (χ4v) is 4.85. The Morgan fingerprint density at radius 3 is 2.48 bits per heavy atom. The van der Waals surface area contributed by atoms with E-state index in [1.54, 1.807) is 54.6 Å². The number of carbonyl (C=O) groups excluding carboxylic acids is 1. The van der Waals surface area contributed by atoms with E-state index in [0.29, 0.717) is 22.2 Å². The average Bonchev–Trinajstić information content (AvgIpc) is 3.33. The van der Waals surface area contributed by atoms with Crippen LogP contribution in [0.5, 0.6) is 0 Å². The molecule has 0 radical (unpaired) electrons. The maximum atomic E-state index is 13.0. The molecule has 1 aliphatic rings. The fourth-order valence-electron chi connectivity index (χ4n) is 3.64. The van der Waals surface area contributed by atoms with Crippen LogP contribution in [0.2, 0.25) is 5.02 Å². The van der Waals surface area contributed by atoms with Gasteiger partial charge in [-0.25, -0.2) is 8.42 Å². The second kappa shape index (κ2) is 10.1. The number of nitrogens with one attached hydrogen (secondary N) is 2. The third-order valence-corrected chi connectivity index (χ3v) is 6.90. The zero-order chi connectivity index (χ0) is 23.3. The predicted octanol–water partition coefficient (Wildman–Crippen LogP) is 5.38. The number of rotatable bonds is 7. The van der Waals surface area contributed by atoms with E-state index in [4.69, 9.17) is 16.0 Å². The molecule has 1 amide bonds. The van der Waals surface area contributed by atoms with Crippen molar-refractivity contribution in [3.05, 3.63) is 77.7 Å². The molecule has 2 N–H and O–H groups in total. The lowest BCUT2D eigenvalue weighted by atomic mass is 10.1. The number of piperidine rings is 1. The lowest BCUT2D eigenvalue weighted by Crippen LogP contribution is -2.30. The third kappa shape index (κ3) is 5.97. The Hall–Kier alpha value is -3.23. The summed E-state index contributed by atoms with van der Waals surface area (Å²) < 4.78 is 33.7. The van der Waals surface area contributed by atoms with Crippen LogP contribution in [0, 0.1) is 0 Å². The number of carbonyl (C=O) groups is 1. The highest BCUT2D eigenvalue weighted by atomic mass is 35.5. The number of nitrogens with zero attached hydrogens (tertiary/aromatic N) is 1. The number of hydrogen-bond donors (Lipinski definition) is 2. The van der Waals surface area contributed by atoms with E-state index in [2.05, 4.69) is 14.9 Å². The summed E-state index contributed by atoms with van der Waals surface area (Å²) in [6.45, 7) is 1.69. The van der Waals surface area contributed by atoms with E-state index in [1.807, 2.05) is 0 Å². The Labute approximate surface area is 198 Å². The van der Waals surface area contributed by atoms with Gasteiger partial charge in [0, 0.05) is 29.9 Å². The van der Waals surface area contributed by atoms with Gasteiger partial charge in [-0.15, -0.1) is 0 Å². The Balaban J connectivity index is 1.62. The first-order valence-electron chi connectivity index (χ1n) is 10.6. The summed E-state index contributed by atoms with van der Waals surface area (Å²) in [4.78, 5) is 14.8. The molecule has 0 unspecified atom stereocenters. The molecular weight excluding hydrogens is 462 g/mol. The minimum atomic E-state index is -3.88. The zero-order valence-corrected chi connectivity index (χ0v) is 19.4.